The third-order valence-corrected chi connectivity index (χ3v) is 3.74. The van der Waals surface area contributed by atoms with Gasteiger partial charge in [-0.05, 0) is 45.8 Å². The van der Waals surface area contributed by atoms with Gasteiger partial charge in [0, 0.05) is 12.6 Å². The number of likely N-dealkylation sites (N-methyl/N-ethyl adjacent to an activating group) is 1. The van der Waals surface area contributed by atoms with Gasteiger partial charge in [0.2, 0.25) is 0 Å². The zero-order valence-corrected chi connectivity index (χ0v) is 10.8. The van der Waals surface area contributed by atoms with Crippen LogP contribution in [0.5, 0.6) is 0 Å². The molecule has 1 atom stereocenters. The molecule has 0 aromatic carbocycles. The van der Waals surface area contributed by atoms with Crippen LogP contribution in [0.2, 0.25) is 0 Å². The minimum absolute atomic E-state index is 0.702. The first-order valence-electron chi connectivity index (χ1n) is 6.61. The summed E-state index contributed by atoms with van der Waals surface area (Å²) in [6.07, 6.45) is 8.52. The van der Waals surface area contributed by atoms with Gasteiger partial charge in [-0.25, -0.2) is 0 Å². The third-order valence-electron chi connectivity index (χ3n) is 3.74. The Bertz CT molecular complexity index is 151. The highest BCUT2D eigenvalue weighted by Gasteiger charge is 2.14. The third kappa shape index (κ3) is 4.98. The molecule has 1 saturated carbocycles. The minimum Gasteiger partial charge on any atom is -0.315 e. The van der Waals surface area contributed by atoms with Crippen LogP contribution in [0.1, 0.15) is 45.4 Å². The van der Waals surface area contributed by atoms with Crippen LogP contribution < -0.4 is 5.32 Å². The fraction of sp³-hybridized carbons (Fsp3) is 1.00. The van der Waals surface area contributed by atoms with Crippen molar-refractivity contribution in [3.05, 3.63) is 0 Å². The summed E-state index contributed by atoms with van der Waals surface area (Å²) in [7, 11) is 4.35. The molecular weight excluding hydrogens is 184 g/mol. The quantitative estimate of drug-likeness (QED) is 0.728. The topological polar surface area (TPSA) is 15.3 Å². The molecule has 0 heterocycles. The summed E-state index contributed by atoms with van der Waals surface area (Å²) in [6, 6.07) is 0.702. The van der Waals surface area contributed by atoms with Crippen LogP contribution in [-0.2, 0) is 0 Å². The fourth-order valence-corrected chi connectivity index (χ4v) is 2.54. The average Bonchev–Trinajstić information content (AvgIpc) is 2.25. The van der Waals surface area contributed by atoms with Crippen molar-refractivity contribution >= 4 is 0 Å². The first-order chi connectivity index (χ1) is 7.24. The average molecular weight is 212 g/mol. The zero-order valence-electron chi connectivity index (χ0n) is 10.8. The van der Waals surface area contributed by atoms with E-state index in [4.69, 9.17) is 0 Å². The smallest absolute Gasteiger partial charge is 0.0211 e. The lowest BCUT2D eigenvalue weighted by atomic mass is 9.89. The van der Waals surface area contributed by atoms with Crippen molar-refractivity contribution in [3.63, 3.8) is 0 Å². The van der Waals surface area contributed by atoms with Crippen LogP contribution >= 0.6 is 0 Å². The monoisotopic (exact) mass is 212 g/mol. The maximum Gasteiger partial charge on any atom is 0.0211 e. The molecule has 1 fully saturated rings. The first-order valence-corrected chi connectivity index (χ1v) is 6.61. The van der Waals surface area contributed by atoms with Crippen LogP contribution in [0, 0.1) is 5.92 Å². The van der Waals surface area contributed by atoms with Gasteiger partial charge in [0.05, 0.1) is 0 Å². The molecule has 0 saturated heterocycles. The van der Waals surface area contributed by atoms with Crippen molar-refractivity contribution in [2.24, 2.45) is 5.92 Å². The highest BCUT2D eigenvalue weighted by Crippen LogP contribution is 2.22. The molecule has 1 unspecified atom stereocenters. The second-order valence-electron chi connectivity index (χ2n) is 5.19. The molecule has 0 radical (unpaired) electrons. The first kappa shape index (κ1) is 13.0. The second-order valence-corrected chi connectivity index (χ2v) is 5.19. The molecule has 90 valence electrons. The van der Waals surface area contributed by atoms with Gasteiger partial charge >= 0.3 is 0 Å². The maximum absolute atomic E-state index is 3.65. The number of hydrogen-bond donors (Lipinski definition) is 1. The molecule has 15 heavy (non-hydrogen) atoms. The van der Waals surface area contributed by atoms with Crippen molar-refractivity contribution in [1.29, 1.82) is 0 Å². The Balaban J connectivity index is 2.08. The van der Waals surface area contributed by atoms with Crippen molar-refractivity contribution in [1.82, 2.24) is 10.2 Å². The van der Waals surface area contributed by atoms with Gasteiger partial charge in [0.1, 0.15) is 0 Å². The molecule has 2 heteroatoms. The van der Waals surface area contributed by atoms with E-state index >= 15 is 0 Å². The number of rotatable bonds is 6. The van der Waals surface area contributed by atoms with Crippen molar-refractivity contribution < 1.29 is 0 Å². The molecule has 0 aliphatic heterocycles. The second kappa shape index (κ2) is 7.24. The molecule has 0 spiro atoms. The SMILES string of the molecule is CCC(CNCC1CCCCC1)N(C)C. The van der Waals surface area contributed by atoms with Gasteiger partial charge in [0.25, 0.3) is 0 Å². The van der Waals surface area contributed by atoms with Gasteiger partial charge in [-0.15, -0.1) is 0 Å². The van der Waals surface area contributed by atoms with Gasteiger partial charge in [-0.2, -0.15) is 0 Å². The van der Waals surface area contributed by atoms with E-state index in [9.17, 15) is 0 Å². The summed E-state index contributed by atoms with van der Waals surface area (Å²) in [5.74, 6) is 0.957. The Morgan fingerprint density at radius 1 is 1.20 bits per heavy atom. The minimum atomic E-state index is 0.702. The summed E-state index contributed by atoms with van der Waals surface area (Å²) in [5.41, 5.74) is 0. The van der Waals surface area contributed by atoms with E-state index < -0.39 is 0 Å². The van der Waals surface area contributed by atoms with Crippen molar-refractivity contribution in [3.8, 4) is 0 Å². The van der Waals surface area contributed by atoms with Crippen LogP contribution in [0.15, 0.2) is 0 Å². The van der Waals surface area contributed by atoms with Crippen LogP contribution in [0.25, 0.3) is 0 Å². The highest BCUT2D eigenvalue weighted by atomic mass is 15.1. The molecule has 1 rings (SSSR count). The molecular formula is C13H28N2. The Morgan fingerprint density at radius 3 is 2.40 bits per heavy atom. The maximum atomic E-state index is 3.65. The molecule has 0 aromatic heterocycles. The highest BCUT2D eigenvalue weighted by molar-refractivity contribution is 4.71. The van der Waals surface area contributed by atoms with Crippen LogP contribution in [0.3, 0.4) is 0 Å². The predicted octanol–water partition coefficient (Wildman–Crippen LogP) is 2.50. The van der Waals surface area contributed by atoms with Gasteiger partial charge in [0.15, 0.2) is 0 Å². The normalized spacial score (nSPS) is 20.8. The van der Waals surface area contributed by atoms with E-state index in [1.165, 1.54) is 45.1 Å². The molecule has 0 amide bonds. The van der Waals surface area contributed by atoms with E-state index in [2.05, 4.69) is 31.2 Å². The summed E-state index contributed by atoms with van der Waals surface area (Å²) < 4.78 is 0. The van der Waals surface area contributed by atoms with Gasteiger partial charge in [-0.3, -0.25) is 0 Å². The molecule has 1 N–H and O–H groups in total. The van der Waals surface area contributed by atoms with Gasteiger partial charge in [-0.1, -0.05) is 26.2 Å². The standard InChI is InChI=1S/C13H28N2/c1-4-13(15(2)3)11-14-10-12-8-6-5-7-9-12/h12-14H,4-11H2,1-3H3. The van der Waals surface area contributed by atoms with E-state index in [0.29, 0.717) is 6.04 Å². The molecule has 1 aliphatic carbocycles. The van der Waals surface area contributed by atoms with Crippen molar-refractivity contribution in [2.45, 2.75) is 51.5 Å². The van der Waals surface area contributed by atoms with E-state index in [-0.39, 0.29) is 0 Å². The van der Waals surface area contributed by atoms with E-state index in [1.54, 1.807) is 0 Å². The summed E-state index contributed by atoms with van der Waals surface area (Å²) in [6.45, 7) is 4.66. The predicted molar refractivity (Wildman–Crippen MR) is 67.2 cm³/mol. The van der Waals surface area contributed by atoms with E-state index in [0.717, 1.165) is 12.5 Å². The zero-order chi connectivity index (χ0) is 11.1. The van der Waals surface area contributed by atoms with Gasteiger partial charge < -0.3 is 10.2 Å². The van der Waals surface area contributed by atoms with Crippen molar-refractivity contribution in [2.75, 3.05) is 27.2 Å². The molecule has 1 aliphatic rings. The fourth-order valence-electron chi connectivity index (χ4n) is 2.54. The Kier molecular flexibility index (Phi) is 6.26. The Morgan fingerprint density at radius 2 is 1.87 bits per heavy atom. The number of nitrogens with zero attached hydrogens (tertiary/aromatic N) is 1. The van der Waals surface area contributed by atoms with E-state index in [1.807, 2.05) is 0 Å². The van der Waals surface area contributed by atoms with Crippen LogP contribution in [0.4, 0.5) is 0 Å². The van der Waals surface area contributed by atoms with Crippen LogP contribution in [-0.4, -0.2) is 38.1 Å². The molecule has 0 aromatic rings. The molecule has 0 bridgehead atoms. The lowest BCUT2D eigenvalue weighted by Gasteiger charge is -2.26. The summed E-state index contributed by atoms with van der Waals surface area (Å²) >= 11 is 0. The Hall–Kier alpha value is -0.0800. The Labute approximate surface area is 95.4 Å². The largest absolute Gasteiger partial charge is 0.315 e. The number of hydrogen-bond acceptors (Lipinski definition) is 2. The molecule has 2 nitrogen and oxygen atoms in total. The lowest BCUT2D eigenvalue weighted by molar-refractivity contribution is 0.263. The summed E-state index contributed by atoms with van der Waals surface area (Å²) in [5, 5.41) is 3.65. The lowest BCUT2D eigenvalue weighted by Crippen LogP contribution is -2.39. The number of nitrogens with one attached hydrogen (secondary N) is 1. The summed E-state index contributed by atoms with van der Waals surface area (Å²) in [4.78, 5) is 2.33.